The number of nitrogens with one attached hydrogen (secondary N) is 1. The van der Waals surface area contributed by atoms with E-state index in [1.807, 2.05) is 0 Å². The van der Waals surface area contributed by atoms with Crippen LogP contribution in [0, 0.1) is 5.92 Å². The summed E-state index contributed by atoms with van der Waals surface area (Å²) in [6.45, 7) is 2.83. The summed E-state index contributed by atoms with van der Waals surface area (Å²) in [5.41, 5.74) is 0. The summed E-state index contributed by atoms with van der Waals surface area (Å²) >= 11 is 9.04. The molecule has 0 bridgehead atoms. The summed E-state index contributed by atoms with van der Waals surface area (Å²) in [5.74, 6) is 0.574. The van der Waals surface area contributed by atoms with Crippen LogP contribution in [0.2, 0.25) is 5.22 Å². The number of carbonyl (C=O) groups is 1. The molecule has 1 aromatic rings. The van der Waals surface area contributed by atoms with E-state index in [-0.39, 0.29) is 16.9 Å². The summed E-state index contributed by atoms with van der Waals surface area (Å²) in [6.07, 6.45) is 3.30. The highest BCUT2D eigenvalue weighted by Gasteiger charge is 2.13. The van der Waals surface area contributed by atoms with Crippen LogP contribution in [0.5, 0.6) is 0 Å². The number of halogens is 2. The molecular weight excluding hydrogens is 305 g/mol. The highest BCUT2D eigenvalue weighted by Crippen LogP contribution is 2.14. The van der Waals surface area contributed by atoms with Gasteiger partial charge in [-0.1, -0.05) is 29.3 Å². The van der Waals surface area contributed by atoms with Gasteiger partial charge in [-0.25, -0.2) is 0 Å². The van der Waals surface area contributed by atoms with E-state index < -0.39 is 0 Å². The first-order valence-corrected chi connectivity index (χ1v) is 7.26. The molecule has 0 fully saturated rings. The standard InChI is InChI=1S/C12H17BrClNO2/c1-2-3-9(6-7-13)8-15-12(16)10-4-5-11(14)17-10/h4-5,9H,2-3,6-8H2,1H3,(H,15,16). The van der Waals surface area contributed by atoms with Crippen molar-refractivity contribution in [1.29, 1.82) is 0 Å². The number of hydrogen-bond donors (Lipinski definition) is 1. The van der Waals surface area contributed by atoms with Crippen molar-refractivity contribution >= 4 is 33.4 Å². The summed E-state index contributed by atoms with van der Waals surface area (Å²) in [5, 5.41) is 4.07. The molecule has 1 aromatic heterocycles. The van der Waals surface area contributed by atoms with Crippen molar-refractivity contribution in [3.8, 4) is 0 Å². The fourth-order valence-corrected chi connectivity index (χ4v) is 2.47. The van der Waals surface area contributed by atoms with Gasteiger partial charge in [-0.2, -0.15) is 0 Å². The first-order valence-electron chi connectivity index (χ1n) is 5.76. The minimum absolute atomic E-state index is 0.201. The molecule has 0 aromatic carbocycles. The zero-order valence-electron chi connectivity index (χ0n) is 9.84. The van der Waals surface area contributed by atoms with Crippen LogP contribution in [0.25, 0.3) is 0 Å². The number of hydrogen-bond acceptors (Lipinski definition) is 2. The van der Waals surface area contributed by atoms with E-state index in [0.29, 0.717) is 12.5 Å². The summed E-state index contributed by atoms with van der Waals surface area (Å²) < 4.78 is 5.04. The average molecular weight is 323 g/mol. The summed E-state index contributed by atoms with van der Waals surface area (Å²) in [4.78, 5) is 11.7. The quantitative estimate of drug-likeness (QED) is 0.774. The molecule has 1 rings (SSSR count). The monoisotopic (exact) mass is 321 g/mol. The van der Waals surface area contributed by atoms with Gasteiger partial charge in [0.1, 0.15) is 0 Å². The van der Waals surface area contributed by atoms with Gasteiger partial charge < -0.3 is 9.73 Å². The molecule has 5 heteroatoms. The molecule has 0 saturated heterocycles. The van der Waals surface area contributed by atoms with Crippen molar-refractivity contribution in [2.24, 2.45) is 5.92 Å². The fourth-order valence-electron chi connectivity index (χ4n) is 1.67. The van der Waals surface area contributed by atoms with Crippen molar-refractivity contribution in [2.75, 3.05) is 11.9 Å². The van der Waals surface area contributed by atoms with Crippen LogP contribution in [0.15, 0.2) is 16.5 Å². The van der Waals surface area contributed by atoms with Crippen LogP contribution in [-0.2, 0) is 0 Å². The first-order chi connectivity index (χ1) is 8.17. The van der Waals surface area contributed by atoms with Crippen LogP contribution in [-0.4, -0.2) is 17.8 Å². The minimum atomic E-state index is -0.201. The van der Waals surface area contributed by atoms with Gasteiger partial charge in [0.25, 0.3) is 5.91 Å². The zero-order chi connectivity index (χ0) is 12.7. The Morgan fingerprint density at radius 1 is 1.53 bits per heavy atom. The second kappa shape index (κ2) is 7.77. The molecule has 96 valence electrons. The Morgan fingerprint density at radius 3 is 2.82 bits per heavy atom. The molecule has 0 aliphatic rings. The third kappa shape index (κ3) is 5.13. The van der Waals surface area contributed by atoms with Crippen LogP contribution in [0.3, 0.4) is 0 Å². The smallest absolute Gasteiger partial charge is 0.287 e. The second-order valence-electron chi connectivity index (χ2n) is 3.95. The lowest BCUT2D eigenvalue weighted by Crippen LogP contribution is -2.29. The van der Waals surface area contributed by atoms with E-state index >= 15 is 0 Å². The fraction of sp³-hybridized carbons (Fsp3) is 0.583. The predicted octanol–water partition coefficient (Wildman–Crippen LogP) is 3.86. The van der Waals surface area contributed by atoms with Gasteiger partial charge in [-0.05, 0) is 42.5 Å². The number of amides is 1. The van der Waals surface area contributed by atoms with Gasteiger partial charge in [0.2, 0.25) is 0 Å². The summed E-state index contributed by atoms with van der Waals surface area (Å²) in [6, 6.07) is 3.15. The maximum Gasteiger partial charge on any atom is 0.287 e. The van der Waals surface area contributed by atoms with Crippen LogP contribution >= 0.6 is 27.5 Å². The number of alkyl halides is 1. The van der Waals surface area contributed by atoms with E-state index in [1.54, 1.807) is 12.1 Å². The van der Waals surface area contributed by atoms with Gasteiger partial charge in [-0.3, -0.25) is 4.79 Å². The largest absolute Gasteiger partial charge is 0.440 e. The molecule has 1 atom stereocenters. The van der Waals surface area contributed by atoms with Gasteiger partial charge in [0.05, 0.1) is 0 Å². The van der Waals surface area contributed by atoms with Crippen LogP contribution in [0.4, 0.5) is 0 Å². The van der Waals surface area contributed by atoms with Crippen molar-refractivity contribution < 1.29 is 9.21 Å². The predicted molar refractivity (Wildman–Crippen MR) is 72.9 cm³/mol. The minimum Gasteiger partial charge on any atom is -0.440 e. The lowest BCUT2D eigenvalue weighted by molar-refractivity contribution is 0.0918. The SMILES string of the molecule is CCCC(CCBr)CNC(=O)c1ccc(Cl)o1. The topological polar surface area (TPSA) is 42.2 Å². The Labute approximate surface area is 115 Å². The Kier molecular flexibility index (Phi) is 6.66. The van der Waals surface area contributed by atoms with Crippen molar-refractivity contribution in [1.82, 2.24) is 5.32 Å². The molecule has 0 aliphatic carbocycles. The molecule has 1 N–H and O–H groups in total. The van der Waals surface area contributed by atoms with E-state index in [1.165, 1.54) is 0 Å². The van der Waals surface area contributed by atoms with Gasteiger partial charge >= 0.3 is 0 Å². The molecule has 0 radical (unpaired) electrons. The average Bonchev–Trinajstić information content (AvgIpc) is 2.73. The molecule has 0 saturated carbocycles. The van der Waals surface area contributed by atoms with Crippen LogP contribution in [0.1, 0.15) is 36.7 Å². The van der Waals surface area contributed by atoms with Gasteiger partial charge in [0, 0.05) is 11.9 Å². The van der Waals surface area contributed by atoms with Gasteiger partial charge in [0.15, 0.2) is 11.0 Å². The first kappa shape index (κ1) is 14.6. The maximum atomic E-state index is 11.7. The second-order valence-corrected chi connectivity index (χ2v) is 5.11. The highest BCUT2D eigenvalue weighted by molar-refractivity contribution is 9.09. The molecule has 0 aliphatic heterocycles. The van der Waals surface area contributed by atoms with E-state index in [0.717, 1.165) is 24.6 Å². The Morgan fingerprint density at radius 2 is 2.29 bits per heavy atom. The molecule has 1 amide bonds. The normalized spacial score (nSPS) is 12.4. The van der Waals surface area contributed by atoms with Crippen molar-refractivity contribution in [3.63, 3.8) is 0 Å². The Hall–Kier alpha value is -0.480. The molecule has 3 nitrogen and oxygen atoms in total. The molecule has 1 unspecified atom stereocenters. The zero-order valence-corrected chi connectivity index (χ0v) is 12.2. The maximum absolute atomic E-state index is 11.7. The third-order valence-corrected chi connectivity index (χ3v) is 3.22. The lowest BCUT2D eigenvalue weighted by Gasteiger charge is -2.14. The van der Waals surface area contributed by atoms with Crippen LogP contribution < -0.4 is 5.32 Å². The molecule has 17 heavy (non-hydrogen) atoms. The molecule has 0 spiro atoms. The van der Waals surface area contributed by atoms with E-state index in [9.17, 15) is 4.79 Å². The molecule has 1 heterocycles. The third-order valence-electron chi connectivity index (χ3n) is 2.56. The Balaban J connectivity index is 2.40. The van der Waals surface area contributed by atoms with Crippen molar-refractivity contribution in [3.05, 3.63) is 23.1 Å². The lowest BCUT2D eigenvalue weighted by atomic mass is 10.0. The van der Waals surface area contributed by atoms with E-state index in [4.69, 9.17) is 16.0 Å². The Bertz CT molecular complexity index is 348. The van der Waals surface area contributed by atoms with E-state index in [2.05, 4.69) is 28.2 Å². The highest BCUT2D eigenvalue weighted by atomic mass is 79.9. The molecular formula is C12H17BrClNO2. The summed E-state index contributed by atoms with van der Waals surface area (Å²) in [7, 11) is 0. The van der Waals surface area contributed by atoms with Crippen molar-refractivity contribution in [2.45, 2.75) is 26.2 Å². The number of furan rings is 1. The van der Waals surface area contributed by atoms with Gasteiger partial charge in [-0.15, -0.1) is 0 Å². The number of rotatable bonds is 7. The number of carbonyl (C=O) groups excluding carboxylic acids is 1.